The van der Waals surface area contributed by atoms with E-state index in [1.54, 1.807) is 18.9 Å². The van der Waals surface area contributed by atoms with Crippen molar-refractivity contribution in [1.82, 2.24) is 10.2 Å². The first-order valence-corrected chi connectivity index (χ1v) is 5.69. The van der Waals surface area contributed by atoms with Crippen LogP contribution < -0.4 is 11.3 Å². The van der Waals surface area contributed by atoms with Gasteiger partial charge in [-0.25, -0.2) is 5.84 Å². The lowest BCUT2D eigenvalue weighted by atomic mass is 10.8. The second kappa shape index (κ2) is 6.14. The summed E-state index contributed by atoms with van der Waals surface area (Å²) in [5, 5.41) is 9.41. The molecule has 0 aromatic carbocycles. The van der Waals surface area contributed by atoms with Crippen molar-refractivity contribution in [2.75, 3.05) is 24.9 Å². The summed E-state index contributed by atoms with van der Waals surface area (Å²) in [4.78, 5) is 0. The Morgan fingerprint density at radius 2 is 2.46 bits per heavy atom. The smallest absolute Gasteiger partial charge is 0.219 e. The first kappa shape index (κ1) is 10.7. The molecule has 0 saturated heterocycles. The SMILES string of the molecule is COCCSCc1nnc(NN)s1. The minimum absolute atomic E-state index is 0.655. The summed E-state index contributed by atoms with van der Waals surface area (Å²) in [7, 11) is 1.70. The van der Waals surface area contributed by atoms with Crippen LogP contribution in [0.3, 0.4) is 0 Å². The zero-order valence-electron chi connectivity index (χ0n) is 7.32. The van der Waals surface area contributed by atoms with Gasteiger partial charge < -0.3 is 4.74 Å². The lowest BCUT2D eigenvalue weighted by Gasteiger charge is -1.95. The first-order valence-electron chi connectivity index (χ1n) is 3.72. The Balaban J connectivity index is 2.20. The van der Waals surface area contributed by atoms with E-state index in [0.717, 1.165) is 23.1 Å². The second-order valence-electron chi connectivity index (χ2n) is 2.19. The number of ether oxygens (including phenoxy) is 1. The van der Waals surface area contributed by atoms with Gasteiger partial charge in [0.1, 0.15) is 5.01 Å². The van der Waals surface area contributed by atoms with Crippen LogP contribution in [0.1, 0.15) is 5.01 Å². The third kappa shape index (κ3) is 3.90. The fourth-order valence-electron chi connectivity index (χ4n) is 0.672. The molecule has 0 atom stereocenters. The van der Waals surface area contributed by atoms with Gasteiger partial charge in [0.2, 0.25) is 5.13 Å². The summed E-state index contributed by atoms with van der Waals surface area (Å²) >= 11 is 3.24. The molecule has 0 aliphatic rings. The van der Waals surface area contributed by atoms with E-state index < -0.39 is 0 Å². The monoisotopic (exact) mass is 220 g/mol. The van der Waals surface area contributed by atoms with Gasteiger partial charge in [0.25, 0.3) is 0 Å². The molecule has 0 amide bonds. The quantitative estimate of drug-likeness (QED) is 0.418. The van der Waals surface area contributed by atoms with Crippen molar-refractivity contribution in [3.8, 4) is 0 Å². The zero-order chi connectivity index (χ0) is 9.52. The molecule has 7 heteroatoms. The van der Waals surface area contributed by atoms with Gasteiger partial charge in [-0.15, -0.1) is 10.2 Å². The van der Waals surface area contributed by atoms with Gasteiger partial charge in [-0.3, -0.25) is 5.43 Å². The lowest BCUT2D eigenvalue weighted by Crippen LogP contribution is -2.05. The highest BCUT2D eigenvalue weighted by molar-refractivity contribution is 7.98. The molecule has 0 radical (unpaired) electrons. The Labute approximate surface area is 85.0 Å². The van der Waals surface area contributed by atoms with Gasteiger partial charge >= 0.3 is 0 Å². The van der Waals surface area contributed by atoms with Crippen molar-refractivity contribution in [1.29, 1.82) is 0 Å². The summed E-state index contributed by atoms with van der Waals surface area (Å²) < 4.78 is 4.92. The molecular formula is C6H12N4OS2. The number of nitrogen functional groups attached to an aromatic ring is 1. The van der Waals surface area contributed by atoms with Crippen molar-refractivity contribution in [2.45, 2.75) is 5.75 Å². The Bertz CT molecular complexity index is 242. The van der Waals surface area contributed by atoms with Crippen molar-refractivity contribution in [3.05, 3.63) is 5.01 Å². The number of hydrogen-bond acceptors (Lipinski definition) is 7. The largest absolute Gasteiger partial charge is 0.384 e. The van der Waals surface area contributed by atoms with Crippen LogP contribution in [0.5, 0.6) is 0 Å². The maximum atomic E-state index is 5.17. The standard InChI is InChI=1S/C6H12N4OS2/c1-11-2-3-12-4-5-9-10-6(8-7)13-5/h2-4,7H2,1H3,(H,8,10). The van der Waals surface area contributed by atoms with E-state index in [1.807, 2.05) is 0 Å². The molecule has 1 aromatic rings. The number of nitrogens with two attached hydrogens (primary N) is 1. The van der Waals surface area contributed by atoms with Crippen LogP contribution in [-0.2, 0) is 10.5 Å². The Hall–Kier alpha value is -0.370. The Morgan fingerprint density at radius 3 is 3.08 bits per heavy atom. The first-order chi connectivity index (χ1) is 6.36. The van der Waals surface area contributed by atoms with Gasteiger partial charge in [-0.2, -0.15) is 11.8 Å². The normalized spacial score (nSPS) is 10.3. The highest BCUT2D eigenvalue weighted by Crippen LogP contribution is 2.18. The molecule has 1 rings (SSSR count). The van der Waals surface area contributed by atoms with Crippen molar-refractivity contribution < 1.29 is 4.74 Å². The highest BCUT2D eigenvalue weighted by atomic mass is 32.2. The molecule has 0 aliphatic carbocycles. The minimum Gasteiger partial charge on any atom is -0.384 e. The molecular weight excluding hydrogens is 208 g/mol. The number of nitrogens with one attached hydrogen (secondary N) is 1. The van der Waals surface area contributed by atoms with Crippen molar-refractivity contribution >= 4 is 28.2 Å². The fourth-order valence-corrected chi connectivity index (χ4v) is 2.26. The number of aromatic nitrogens is 2. The molecule has 5 nitrogen and oxygen atoms in total. The van der Waals surface area contributed by atoms with E-state index in [4.69, 9.17) is 10.6 Å². The third-order valence-corrected chi connectivity index (χ3v) is 3.22. The van der Waals surface area contributed by atoms with Crippen LogP contribution in [0.25, 0.3) is 0 Å². The van der Waals surface area contributed by atoms with Gasteiger partial charge in [0.05, 0.1) is 6.61 Å². The molecule has 0 saturated carbocycles. The average Bonchev–Trinajstić information content (AvgIpc) is 2.60. The van der Waals surface area contributed by atoms with E-state index in [2.05, 4.69) is 15.6 Å². The summed E-state index contributed by atoms with van der Waals surface area (Å²) in [6, 6.07) is 0. The summed E-state index contributed by atoms with van der Waals surface area (Å²) in [5.41, 5.74) is 2.46. The molecule has 0 spiro atoms. The van der Waals surface area contributed by atoms with E-state index in [-0.39, 0.29) is 0 Å². The van der Waals surface area contributed by atoms with Crippen LogP contribution in [0, 0.1) is 0 Å². The van der Waals surface area contributed by atoms with Crippen LogP contribution in [-0.4, -0.2) is 29.7 Å². The van der Waals surface area contributed by atoms with E-state index in [1.165, 1.54) is 11.3 Å². The van der Waals surface area contributed by atoms with E-state index in [9.17, 15) is 0 Å². The van der Waals surface area contributed by atoms with Gasteiger partial charge in [-0.1, -0.05) is 11.3 Å². The molecule has 0 unspecified atom stereocenters. The molecule has 1 heterocycles. The Morgan fingerprint density at radius 1 is 1.62 bits per heavy atom. The summed E-state index contributed by atoms with van der Waals surface area (Å²) in [6.45, 7) is 0.769. The predicted molar refractivity (Wildman–Crippen MR) is 55.8 cm³/mol. The van der Waals surface area contributed by atoms with Gasteiger partial charge in [-0.05, 0) is 0 Å². The van der Waals surface area contributed by atoms with Crippen LogP contribution in [0.4, 0.5) is 5.13 Å². The molecule has 1 aromatic heterocycles. The fraction of sp³-hybridized carbons (Fsp3) is 0.667. The number of thioether (sulfide) groups is 1. The number of hydrazine groups is 1. The maximum Gasteiger partial charge on any atom is 0.219 e. The van der Waals surface area contributed by atoms with Crippen LogP contribution in [0.2, 0.25) is 0 Å². The number of nitrogens with zero attached hydrogens (tertiary/aromatic N) is 2. The zero-order valence-corrected chi connectivity index (χ0v) is 8.95. The third-order valence-electron chi connectivity index (χ3n) is 1.25. The highest BCUT2D eigenvalue weighted by Gasteiger charge is 2.01. The predicted octanol–water partition coefficient (Wildman–Crippen LogP) is 0.703. The van der Waals surface area contributed by atoms with Crippen molar-refractivity contribution in [3.63, 3.8) is 0 Å². The van der Waals surface area contributed by atoms with Crippen LogP contribution >= 0.6 is 23.1 Å². The number of anilines is 1. The van der Waals surface area contributed by atoms with Gasteiger partial charge in [0.15, 0.2) is 0 Å². The Kier molecular flexibility index (Phi) is 5.06. The summed E-state index contributed by atoms with van der Waals surface area (Å²) in [6.07, 6.45) is 0. The second-order valence-corrected chi connectivity index (χ2v) is 4.36. The maximum absolute atomic E-state index is 5.17. The van der Waals surface area contributed by atoms with Gasteiger partial charge in [0, 0.05) is 18.6 Å². The molecule has 0 aliphatic heterocycles. The minimum atomic E-state index is 0.655. The molecule has 74 valence electrons. The molecule has 0 bridgehead atoms. The summed E-state index contributed by atoms with van der Waals surface area (Å²) in [5.74, 6) is 7.01. The molecule has 3 N–H and O–H groups in total. The topological polar surface area (TPSA) is 73.1 Å². The molecule has 0 fully saturated rings. The molecule has 13 heavy (non-hydrogen) atoms. The van der Waals surface area contributed by atoms with E-state index in [0.29, 0.717) is 5.13 Å². The number of rotatable bonds is 6. The lowest BCUT2D eigenvalue weighted by molar-refractivity contribution is 0.218. The number of hydrogen-bond donors (Lipinski definition) is 2. The van der Waals surface area contributed by atoms with Crippen LogP contribution in [0.15, 0.2) is 0 Å². The number of methoxy groups -OCH3 is 1. The average molecular weight is 220 g/mol. The van der Waals surface area contributed by atoms with Crippen molar-refractivity contribution in [2.24, 2.45) is 5.84 Å². The van der Waals surface area contributed by atoms with E-state index >= 15 is 0 Å².